The van der Waals surface area contributed by atoms with Gasteiger partial charge in [0.1, 0.15) is 0 Å². The minimum absolute atomic E-state index is 0.127. The van der Waals surface area contributed by atoms with Gasteiger partial charge in [-0.2, -0.15) is 4.98 Å². The summed E-state index contributed by atoms with van der Waals surface area (Å²) in [6.45, 7) is 6.04. The van der Waals surface area contributed by atoms with E-state index in [1.165, 1.54) is 11.8 Å². The molecule has 9 nitrogen and oxygen atoms in total. The van der Waals surface area contributed by atoms with Crippen LogP contribution in [0.2, 0.25) is 0 Å². The molecular formula is C21H17N7O2S. The van der Waals surface area contributed by atoms with Crippen molar-refractivity contribution in [3.63, 3.8) is 0 Å². The van der Waals surface area contributed by atoms with E-state index >= 15 is 0 Å². The number of aromatic nitrogens is 7. The summed E-state index contributed by atoms with van der Waals surface area (Å²) >= 11 is 1.43. The van der Waals surface area contributed by atoms with Crippen LogP contribution in [-0.4, -0.2) is 34.3 Å². The van der Waals surface area contributed by atoms with Crippen LogP contribution in [-0.2, 0) is 6.54 Å². The molecule has 0 aliphatic heterocycles. The molecule has 0 amide bonds. The van der Waals surface area contributed by atoms with E-state index in [0.717, 1.165) is 11.1 Å². The van der Waals surface area contributed by atoms with Gasteiger partial charge in [0, 0.05) is 24.5 Å². The highest BCUT2D eigenvalue weighted by molar-refractivity contribution is 7.99. The number of benzene rings is 1. The molecule has 5 rings (SSSR count). The van der Waals surface area contributed by atoms with Gasteiger partial charge in [-0.1, -0.05) is 35.1 Å². The zero-order chi connectivity index (χ0) is 21.4. The Kier molecular flexibility index (Phi) is 4.83. The Hall–Kier alpha value is -3.79. The smallest absolute Gasteiger partial charge is 0.263 e. The largest absolute Gasteiger partial charge is 0.338 e. The Morgan fingerprint density at radius 3 is 2.90 bits per heavy atom. The number of fused-ring (bicyclic) bond motifs is 3. The van der Waals surface area contributed by atoms with Gasteiger partial charge in [0.15, 0.2) is 5.16 Å². The summed E-state index contributed by atoms with van der Waals surface area (Å²) < 4.78 is 8.91. The average molecular weight is 431 g/mol. The van der Waals surface area contributed by atoms with Crippen LogP contribution in [0.5, 0.6) is 0 Å². The van der Waals surface area contributed by atoms with Gasteiger partial charge in [0.25, 0.3) is 5.56 Å². The summed E-state index contributed by atoms with van der Waals surface area (Å²) in [4.78, 5) is 21.5. The second-order valence-electron chi connectivity index (χ2n) is 6.80. The van der Waals surface area contributed by atoms with Crippen molar-refractivity contribution in [2.45, 2.75) is 23.9 Å². The molecular weight excluding hydrogens is 414 g/mol. The van der Waals surface area contributed by atoms with Crippen molar-refractivity contribution < 1.29 is 4.52 Å². The lowest BCUT2D eigenvalue weighted by Crippen LogP contribution is -2.22. The number of hydrogen-bond donors (Lipinski definition) is 0. The summed E-state index contributed by atoms with van der Waals surface area (Å²) in [6.07, 6.45) is 5.04. The van der Waals surface area contributed by atoms with Crippen molar-refractivity contribution in [2.24, 2.45) is 0 Å². The van der Waals surface area contributed by atoms with Gasteiger partial charge < -0.3 is 4.52 Å². The molecule has 4 aromatic heterocycles. The van der Waals surface area contributed by atoms with Crippen LogP contribution in [0.1, 0.15) is 18.1 Å². The van der Waals surface area contributed by atoms with Crippen LogP contribution in [0, 0.1) is 0 Å². The predicted molar refractivity (Wildman–Crippen MR) is 117 cm³/mol. The van der Waals surface area contributed by atoms with Gasteiger partial charge in [-0.05, 0) is 31.2 Å². The Morgan fingerprint density at radius 1 is 1.23 bits per heavy atom. The Labute approximate surface area is 180 Å². The van der Waals surface area contributed by atoms with E-state index in [-0.39, 0.29) is 10.8 Å². The zero-order valence-corrected chi connectivity index (χ0v) is 17.4. The number of nitrogens with zero attached hydrogens (tertiary/aromatic N) is 7. The van der Waals surface area contributed by atoms with Crippen LogP contribution in [0.3, 0.4) is 0 Å². The van der Waals surface area contributed by atoms with Crippen molar-refractivity contribution >= 4 is 28.4 Å². The van der Waals surface area contributed by atoms with Gasteiger partial charge in [0.05, 0.1) is 16.2 Å². The van der Waals surface area contributed by atoms with E-state index in [1.54, 1.807) is 29.1 Å². The van der Waals surface area contributed by atoms with Crippen LogP contribution < -0.4 is 5.56 Å². The second-order valence-corrected chi connectivity index (χ2v) is 8.11. The molecule has 1 atom stereocenters. The number of hydrogen-bond acceptors (Lipinski definition) is 8. The number of rotatable bonds is 6. The van der Waals surface area contributed by atoms with E-state index in [9.17, 15) is 4.79 Å². The summed E-state index contributed by atoms with van der Waals surface area (Å²) in [5.74, 6) is 1.40. The van der Waals surface area contributed by atoms with Gasteiger partial charge in [-0.15, -0.1) is 16.8 Å². The molecule has 154 valence electrons. The first-order valence-corrected chi connectivity index (χ1v) is 10.4. The molecule has 0 aliphatic rings. The number of para-hydroxylation sites is 1. The van der Waals surface area contributed by atoms with E-state index in [2.05, 4.69) is 31.9 Å². The topological polar surface area (TPSA) is 104 Å². The van der Waals surface area contributed by atoms with E-state index in [4.69, 9.17) is 4.52 Å². The molecule has 0 unspecified atom stereocenters. The van der Waals surface area contributed by atoms with E-state index in [1.807, 2.05) is 41.7 Å². The van der Waals surface area contributed by atoms with Crippen molar-refractivity contribution in [1.82, 2.24) is 34.3 Å². The van der Waals surface area contributed by atoms with Crippen molar-refractivity contribution in [3.8, 4) is 11.4 Å². The van der Waals surface area contributed by atoms with Crippen molar-refractivity contribution in [2.75, 3.05) is 0 Å². The summed E-state index contributed by atoms with van der Waals surface area (Å²) in [7, 11) is 0. The molecule has 10 heteroatoms. The van der Waals surface area contributed by atoms with Crippen LogP contribution in [0.4, 0.5) is 0 Å². The van der Waals surface area contributed by atoms with Gasteiger partial charge in [-0.3, -0.25) is 18.7 Å². The normalized spacial score (nSPS) is 12.4. The molecule has 0 saturated carbocycles. The van der Waals surface area contributed by atoms with Gasteiger partial charge in [0.2, 0.25) is 17.5 Å². The van der Waals surface area contributed by atoms with E-state index < -0.39 is 0 Å². The molecule has 5 aromatic rings. The molecule has 4 heterocycles. The third kappa shape index (κ3) is 3.30. The number of thioether (sulfide) groups is 1. The fraction of sp³-hybridized carbons (Fsp3) is 0.143. The Morgan fingerprint density at radius 2 is 2.10 bits per heavy atom. The Balaban J connectivity index is 1.56. The fourth-order valence-corrected chi connectivity index (χ4v) is 4.21. The third-order valence-corrected chi connectivity index (χ3v) is 5.81. The maximum Gasteiger partial charge on any atom is 0.263 e. The molecule has 0 fully saturated rings. The van der Waals surface area contributed by atoms with Crippen LogP contribution in [0.25, 0.3) is 28.1 Å². The summed E-state index contributed by atoms with van der Waals surface area (Å²) in [5.41, 5.74) is 1.39. The fourth-order valence-electron chi connectivity index (χ4n) is 3.32. The van der Waals surface area contributed by atoms with Gasteiger partial charge in [-0.25, -0.2) is 0 Å². The van der Waals surface area contributed by atoms with Crippen LogP contribution >= 0.6 is 11.8 Å². The lowest BCUT2D eigenvalue weighted by atomic mass is 10.2. The third-order valence-electron chi connectivity index (χ3n) is 4.78. The minimum Gasteiger partial charge on any atom is -0.338 e. The lowest BCUT2D eigenvalue weighted by molar-refractivity contribution is 0.380. The molecule has 31 heavy (non-hydrogen) atoms. The first kappa shape index (κ1) is 19.2. The molecule has 0 aliphatic carbocycles. The number of allylic oxidation sites excluding steroid dienone is 1. The first-order chi connectivity index (χ1) is 15.2. The minimum atomic E-state index is -0.191. The highest BCUT2D eigenvalue weighted by Gasteiger charge is 2.22. The highest BCUT2D eigenvalue weighted by Crippen LogP contribution is 2.34. The average Bonchev–Trinajstić information content (AvgIpc) is 3.45. The monoisotopic (exact) mass is 431 g/mol. The molecule has 0 N–H and O–H groups in total. The summed E-state index contributed by atoms with van der Waals surface area (Å²) in [6, 6.07) is 11.1. The zero-order valence-electron chi connectivity index (χ0n) is 16.5. The molecule has 0 saturated heterocycles. The molecule has 1 aromatic carbocycles. The van der Waals surface area contributed by atoms with Gasteiger partial charge >= 0.3 is 0 Å². The standard InChI is InChI=1S/C21H17N7O2S/c1-3-11-27-19(29)15-8-4-5-9-16(15)28-20(27)24-25-21(28)31-13(2)18-23-17(26-30-18)14-7-6-10-22-12-14/h3-10,12-13H,1,11H2,2H3/t13-/m0/s1. The summed E-state index contributed by atoms with van der Waals surface area (Å²) in [5, 5.41) is 13.7. The lowest BCUT2D eigenvalue weighted by Gasteiger charge is -2.10. The molecule has 0 radical (unpaired) electrons. The quantitative estimate of drug-likeness (QED) is 0.297. The maximum atomic E-state index is 12.9. The second kappa shape index (κ2) is 7.80. The predicted octanol–water partition coefficient (Wildman–Crippen LogP) is 3.53. The first-order valence-electron chi connectivity index (χ1n) is 9.55. The van der Waals surface area contributed by atoms with Crippen molar-refractivity contribution in [1.29, 1.82) is 0 Å². The SMILES string of the molecule is C=CCn1c(=O)c2ccccc2n2c(S[C@@H](C)c3nc(-c4cccnc4)no3)nnc12. The van der Waals surface area contributed by atoms with Crippen LogP contribution in [0.15, 0.2) is 75.9 Å². The van der Waals surface area contributed by atoms with Crippen molar-refractivity contribution in [3.05, 3.63) is 77.7 Å². The molecule has 0 bridgehead atoms. The molecule has 0 spiro atoms. The maximum absolute atomic E-state index is 12.9. The number of pyridine rings is 1. The highest BCUT2D eigenvalue weighted by atomic mass is 32.2. The Bertz CT molecular complexity index is 1460. The van der Waals surface area contributed by atoms with E-state index in [0.29, 0.717) is 34.6 Å².